The number of aromatic nitrogens is 8. The van der Waals surface area contributed by atoms with Gasteiger partial charge >= 0.3 is 30.5 Å². The lowest BCUT2D eigenvalue weighted by molar-refractivity contribution is -0.123. The molecule has 7 heterocycles. The summed E-state index contributed by atoms with van der Waals surface area (Å²) in [5, 5.41) is 28.7. The Labute approximate surface area is 911 Å². The zero-order valence-corrected chi connectivity index (χ0v) is 91.7. The maximum Gasteiger partial charge on any atom is 0.414 e. The molecule has 3 aliphatic heterocycles. The van der Waals surface area contributed by atoms with Crippen LogP contribution in [0.4, 0.5) is 72.1 Å². The van der Waals surface area contributed by atoms with Gasteiger partial charge in [-0.1, -0.05) is 114 Å². The largest absolute Gasteiger partial charge is 0.444 e. The van der Waals surface area contributed by atoms with E-state index in [1.807, 2.05) is 72.8 Å². The van der Waals surface area contributed by atoms with E-state index in [1.54, 1.807) is 84.9 Å². The summed E-state index contributed by atoms with van der Waals surface area (Å²) in [6.07, 6.45) is 0.792. The highest BCUT2D eigenvalue weighted by atomic mass is 35.7. The van der Waals surface area contributed by atoms with Crippen LogP contribution in [-0.4, -0.2) is 180 Å². The summed E-state index contributed by atoms with van der Waals surface area (Å²) in [6, 6.07) is 35.1. The van der Waals surface area contributed by atoms with E-state index in [1.165, 1.54) is 88.3 Å². The molecule has 0 radical (unpaired) electrons. The number of benzene rings is 6. The molecule has 3 aliphatic rings. The number of unbranched alkanes of at least 4 members (excludes halogenated alkanes) is 1. The first-order valence-corrected chi connectivity index (χ1v) is 51.7. The monoisotopic (exact) mass is 2280 g/mol. The van der Waals surface area contributed by atoms with Gasteiger partial charge in [0.2, 0.25) is 34.1 Å². The van der Waals surface area contributed by atoms with E-state index in [0.29, 0.717) is 178 Å². The Morgan fingerprint density at radius 3 is 1.14 bits per heavy atom. The van der Waals surface area contributed by atoms with E-state index in [-0.39, 0.29) is 111 Å². The molecule has 0 unspecified atom stereocenters. The highest BCUT2D eigenvalue weighted by Crippen LogP contribution is 2.41. The second-order valence-corrected chi connectivity index (χ2v) is 42.8. The third-order valence-electron chi connectivity index (χ3n) is 20.3. The van der Waals surface area contributed by atoms with Gasteiger partial charge in [-0.05, 0) is 264 Å². The quantitative estimate of drug-likeness (QED) is 0.00559. The summed E-state index contributed by atoms with van der Waals surface area (Å²) in [5.41, 5.74) is 34.0. The third kappa shape index (κ3) is 44.9. The number of nitrogens with two attached hydrogens (primary N) is 5. The van der Waals surface area contributed by atoms with Gasteiger partial charge in [0.1, 0.15) is 85.2 Å². The minimum atomic E-state index is -1.36. The SMILES string of the molecule is CC(=O)CC[C@H]1CN(c2ccc(-c3ccc(CNc4nsc(CN)n4)cc3)c(F)c2)C(=O)O1.CC(=O)CC[C@H]1CN(c2ccc(-c3ccc(CNc4nsc(CNC(=O)[C@H](C)N)n4)cc3)c(F)c2)C(=O)O1.CC(=O)CC[C@H]1CN(c2ccc(-c3ccc(CNc4nsc(CNC(=O)[C@H](N)CCCCN)n4)cc3)c(F)c2)C(=O)O1.CC(C)(C)OC(=O)NCC(=N)N.CC(C)(C)OC(=O)NCc1nsc(Cl)n1.Cl.Cl.ClSC(Cl)(Cl)Cl. The molecule has 0 bridgehead atoms. The zero-order chi connectivity index (χ0) is 107. The molecule has 0 spiro atoms. The molecule has 0 aliphatic carbocycles. The van der Waals surface area contributed by atoms with Crippen molar-refractivity contribution >= 4 is 239 Å². The van der Waals surface area contributed by atoms with Crippen LogP contribution in [0, 0.1) is 22.9 Å². The first-order chi connectivity index (χ1) is 69.1. The molecule has 4 aromatic heterocycles. The van der Waals surface area contributed by atoms with Gasteiger partial charge in [0, 0.05) is 73.1 Å². The molecule has 3 fully saturated rings. The minimum Gasteiger partial charge on any atom is -0.444 e. The average Bonchev–Trinajstić information content (AvgIpc) is 1.59. The first kappa shape index (κ1) is 125. The molecule has 7 amide bonds. The number of cyclic esters (lactones) is 3. The number of hydrogen-bond donors (Lipinski definition) is 13. The van der Waals surface area contributed by atoms with Crippen molar-refractivity contribution in [3.63, 3.8) is 0 Å². The van der Waals surface area contributed by atoms with Gasteiger partial charge < -0.3 is 104 Å². The summed E-state index contributed by atoms with van der Waals surface area (Å²) >= 11 is 25.5. The topological polar surface area (TPSA) is 568 Å². The molecule has 54 heteroatoms. The molecule has 3 saturated heterocycles. The van der Waals surface area contributed by atoms with Crippen LogP contribution in [-0.2, 0) is 93.5 Å². The van der Waals surface area contributed by atoms with Crippen LogP contribution in [0.5, 0.6) is 0 Å². The Morgan fingerprint density at radius 2 is 0.845 bits per heavy atom. The number of halogens is 10. The Hall–Kier alpha value is -11.3. The van der Waals surface area contributed by atoms with Gasteiger partial charge in [0.05, 0.1) is 75.0 Å². The second kappa shape index (κ2) is 61.8. The van der Waals surface area contributed by atoms with Crippen LogP contribution in [0.3, 0.4) is 0 Å². The number of ether oxygens (including phenoxy) is 5. The van der Waals surface area contributed by atoms with E-state index >= 15 is 8.78 Å². The number of alkyl halides is 3. The fourth-order valence-corrected chi connectivity index (χ4v) is 15.4. The number of hydrogen-bond acceptors (Lipinski definition) is 36. The van der Waals surface area contributed by atoms with E-state index in [2.05, 4.69) is 74.6 Å². The Morgan fingerprint density at radius 1 is 0.500 bits per heavy atom. The highest BCUT2D eigenvalue weighted by molar-refractivity contribution is 8.25. The molecule has 148 heavy (non-hydrogen) atoms. The molecule has 0 saturated carbocycles. The number of ketones is 3. The molecule has 6 aromatic carbocycles. The van der Waals surface area contributed by atoms with E-state index < -0.39 is 80.4 Å². The Kier molecular flexibility index (Phi) is 52.3. The average molecular weight is 2290 g/mol. The molecule has 5 atom stereocenters. The Bertz CT molecular complexity index is 6040. The third-order valence-corrected chi connectivity index (χ3v) is 25.5. The van der Waals surface area contributed by atoms with Crippen molar-refractivity contribution in [2.24, 2.45) is 28.7 Å². The van der Waals surface area contributed by atoms with Crippen LogP contribution in [0.1, 0.15) is 165 Å². The number of Topliss-reactive ketones (excluding diaryl/α,β-unsaturated/α-hetero) is 3. The van der Waals surface area contributed by atoms with Crippen molar-refractivity contribution in [3.8, 4) is 33.4 Å². The molecule has 10 aromatic rings. The van der Waals surface area contributed by atoms with Gasteiger partial charge in [0.25, 0.3) is 3.12 Å². The summed E-state index contributed by atoms with van der Waals surface area (Å²) < 4.78 is 86.5. The number of carbonyl (C=O) groups is 10. The lowest BCUT2D eigenvalue weighted by Gasteiger charge is -2.19. The van der Waals surface area contributed by atoms with Crippen molar-refractivity contribution in [1.29, 1.82) is 5.41 Å². The fourth-order valence-electron chi connectivity index (χ4n) is 13.1. The van der Waals surface area contributed by atoms with Crippen LogP contribution in [0.25, 0.3) is 33.4 Å². The summed E-state index contributed by atoms with van der Waals surface area (Å²) in [6.45, 7) is 20.8. The molecule has 39 nitrogen and oxygen atoms in total. The molecule has 18 N–H and O–H groups in total. The van der Waals surface area contributed by atoms with Gasteiger partial charge in [-0.3, -0.25) is 29.7 Å². The predicted octanol–water partition coefficient (Wildman–Crippen LogP) is 18.2. The maximum atomic E-state index is 15.1. The zero-order valence-electron chi connectivity index (χ0n) is 82.2. The highest BCUT2D eigenvalue weighted by Gasteiger charge is 2.36. The number of nitrogens with zero attached hydrogens (tertiary/aromatic N) is 11. The van der Waals surface area contributed by atoms with Gasteiger partial charge in [-0.2, -0.15) is 17.5 Å². The standard InChI is InChI=1S/C29H36FN7O4S.C26H29FN6O4S.C23H24FN5O3S.C8H12ClN3O2S.C7H15N3O2.CCl4S.2ClH/c1-18(38)5-11-22-17-37(29(40)41-22)21-10-12-23(24(30)14-21)20-8-6-19(7-9-20)15-34-28-35-26(42-36-28)16-33-27(39)25(32)4-2-3-13-31;1-15(34)3-9-20-14-33(26(36)37-20)19-8-10-21(22(27)11-19)18-6-4-17(5-7-18)12-30-25-31-23(38-32-25)13-29-24(35)16(2)28;1-14(30)2-8-18-13-29(23(31)32-18)17-7-9-19(20(24)10-17)16-5-3-15(4-6-16)12-26-22-27-21(11-25)33-28-22;1-8(2,3)14-7(13)10-4-5-11-6(9)15-12-5;1-7(2,3)12-6(11)10-4-5(8)9;2-1(3,4)6-5;;/h6-10,12,14,22,25H,2-5,11,13,15-17,31-32H2,1H3,(H,33,39)(H,34,36);4-8,10-11,16,20H,3,9,12-14,28H2,1-2H3,(H,29,35)(H,30,32);3-7,9-10,18H,2,8,11-13,25H2,1H3,(H,26,28);4H2,1-3H3,(H,10,13);4H2,1-3H3,(H3,8,9)(H,10,11);;2*1H/t22-,25+;16-,20-;18-;;;;;/m000...../s1. The molecule has 804 valence electrons. The number of carbonyl (C=O) groups excluding carboxylic acids is 10. The smallest absolute Gasteiger partial charge is 0.414 e. The Balaban J connectivity index is 0.000000293. The molecule has 13 rings (SSSR count). The molecular formula is C94H118Cl7F3N24O15S5. The van der Waals surface area contributed by atoms with Gasteiger partial charge in [-0.15, -0.1) is 24.8 Å². The van der Waals surface area contributed by atoms with Crippen LogP contribution >= 0.6 is 139 Å². The van der Waals surface area contributed by atoms with Gasteiger partial charge in [0.15, 0.2) is 5.82 Å². The lowest BCUT2D eigenvalue weighted by atomic mass is 10.0. The summed E-state index contributed by atoms with van der Waals surface area (Å²) in [7, 11) is 5.65. The number of amides is 7. The van der Waals surface area contributed by atoms with E-state index in [9.17, 15) is 52.3 Å². The van der Waals surface area contributed by atoms with Crippen molar-refractivity contribution in [2.45, 2.75) is 218 Å². The normalized spacial score (nSPS) is 14.4. The maximum absolute atomic E-state index is 15.1. The van der Waals surface area contributed by atoms with E-state index in [4.69, 9.17) is 115 Å². The lowest BCUT2D eigenvalue weighted by Crippen LogP contribution is -2.40. The van der Waals surface area contributed by atoms with Crippen LogP contribution < -0.4 is 80.6 Å². The predicted molar refractivity (Wildman–Crippen MR) is 578 cm³/mol. The van der Waals surface area contributed by atoms with Crippen molar-refractivity contribution in [3.05, 3.63) is 187 Å². The number of anilines is 6. The van der Waals surface area contributed by atoms with Crippen molar-refractivity contribution in [1.82, 2.24) is 58.7 Å². The van der Waals surface area contributed by atoms with E-state index in [0.717, 1.165) is 51.6 Å². The second-order valence-electron chi connectivity index (χ2n) is 34.8. The minimum absolute atomic E-state index is 0. The fraction of sp³-hybridized carbons (Fsp3) is 0.415. The number of rotatable bonds is 39. The van der Waals surface area contributed by atoms with Crippen LogP contribution in [0.2, 0.25) is 4.47 Å². The summed E-state index contributed by atoms with van der Waals surface area (Å²) in [4.78, 5) is 137. The number of alkyl carbamates (subject to hydrolysis) is 2. The van der Waals surface area contributed by atoms with Crippen molar-refractivity contribution < 1.29 is 84.8 Å². The number of nitrogens with one attached hydrogen (secondary N) is 8. The van der Waals surface area contributed by atoms with Crippen molar-refractivity contribution in [2.75, 3.05) is 63.4 Å². The van der Waals surface area contributed by atoms with Gasteiger partial charge in [-0.25, -0.2) is 57.1 Å². The summed E-state index contributed by atoms with van der Waals surface area (Å²) in [5.74, 6) is 0.111. The molecular weight excluding hydrogens is 2170 g/mol. The number of amidine groups is 1. The first-order valence-electron chi connectivity index (χ1n) is 45.5. The van der Waals surface area contributed by atoms with Crippen LogP contribution in [0.15, 0.2) is 127 Å².